The lowest BCUT2D eigenvalue weighted by molar-refractivity contribution is -0.118. The topological polar surface area (TPSA) is 105 Å². The number of allylic oxidation sites excluding steroid dienone is 1. The number of imidazole rings is 1. The molecule has 0 spiro atoms. The van der Waals surface area contributed by atoms with Crippen LogP contribution >= 0.6 is 0 Å². The van der Waals surface area contributed by atoms with E-state index in [9.17, 15) is 9.90 Å². The van der Waals surface area contributed by atoms with Crippen LogP contribution in [0.2, 0.25) is 0 Å². The molecule has 0 saturated heterocycles. The van der Waals surface area contributed by atoms with Gasteiger partial charge in [-0.15, -0.1) is 0 Å². The summed E-state index contributed by atoms with van der Waals surface area (Å²) in [7, 11) is 0. The number of hydrogen-bond donors (Lipinski definition) is 3. The fourth-order valence-electron chi connectivity index (χ4n) is 3.09. The van der Waals surface area contributed by atoms with E-state index in [1.165, 1.54) is 0 Å². The first-order chi connectivity index (χ1) is 12.5. The molecular weight excluding hydrogens is 332 g/mol. The van der Waals surface area contributed by atoms with E-state index in [1.807, 2.05) is 24.5 Å². The highest BCUT2D eigenvalue weighted by molar-refractivity contribution is 5.92. The van der Waals surface area contributed by atoms with E-state index >= 15 is 0 Å². The summed E-state index contributed by atoms with van der Waals surface area (Å²) >= 11 is 0. The fraction of sp³-hybridized carbons (Fsp3) is 0.556. The van der Waals surface area contributed by atoms with Crippen LogP contribution in [0.25, 0.3) is 11.2 Å². The number of carbonyl (C=O) groups excluding carboxylic acids is 1. The maximum Gasteiger partial charge on any atom is 0.233 e. The normalized spacial score (nSPS) is 22.3. The van der Waals surface area contributed by atoms with E-state index in [0.717, 1.165) is 19.3 Å². The van der Waals surface area contributed by atoms with Crippen LogP contribution in [-0.2, 0) is 4.79 Å². The first kappa shape index (κ1) is 17.0. The molecule has 8 nitrogen and oxygen atoms in total. The van der Waals surface area contributed by atoms with Gasteiger partial charge in [0.2, 0.25) is 11.9 Å². The molecule has 26 heavy (non-hydrogen) atoms. The molecule has 138 valence electrons. The minimum absolute atomic E-state index is 0.0921. The molecule has 8 heteroatoms. The van der Waals surface area contributed by atoms with E-state index < -0.39 is 0 Å². The number of aliphatic hydroxyl groups excluding tert-OH is 1. The number of fused-ring (bicyclic) bond motifs is 1. The Morgan fingerprint density at radius 3 is 2.81 bits per heavy atom. The highest BCUT2D eigenvalue weighted by Crippen LogP contribution is 2.33. The van der Waals surface area contributed by atoms with Gasteiger partial charge in [0.1, 0.15) is 0 Å². The monoisotopic (exact) mass is 356 g/mol. The third-order valence-corrected chi connectivity index (χ3v) is 4.84. The van der Waals surface area contributed by atoms with Gasteiger partial charge in [0, 0.05) is 24.5 Å². The molecule has 0 aliphatic heterocycles. The zero-order valence-corrected chi connectivity index (χ0v) is 15.0. The van der Waals surface area contributed by atoms with Crippen molar-refractivity contribution >= 4 is 28.8 Å². The molecule has 1 saturated carbocycles. The zero-order chi connectivity index (χ0) is 18.3. The number of nitrogens with one attached hydrogen (secondary N) is 2. The van der Waals surface area contributed by atoms with Crippen molar-refractivity contribution in [3.05, 3.63) is 18.5 Å². The largest absolute Gasteiger partial charge is 0.396 e. The molecule has 2 atom stereocenters. The van der Waals surface area contributed by atoms with Gasteiger partial charge in [-0.2, -0.15) is 9.97 Å². The highest BCUT2D eigenvalue weighted by Gasteiger charge is 2.26. The Morgan fingerprint density at radius 2 is 2.15 bits per heavy atom. The third kappa shape index (κ3) is 3.29. The number of rotatable bonds is 6. The Kier molecular flexibility index (Phi) is 4.36. The number of anilines is 2. The first-order valence-corrected chi connectivity index (χ1v) is 9.16. The summed E-state index contributed by atoms with van der Waals surface area (Å²) in [5, 5.41) is 15.6. The summed E-state index contributed by atoms with van der Waals surface area (Å²) in [6.45, 7) is 3.80. The standard InChI is InChI=1S/C18H24N6O2/c1-10(2)17(26)23-18-21-15(20-12-4-5-12)14-16(22-18)24(9-19-14)13-6-3-11(7-13)8-25/h3,6,9-13,25H,4-5,7-8H2,1-2H3,(H2,20,21,22,23,26). The molecule has 2 aliphatic rings. The predicted octanol–water partition coefficient (Wildman–Crippen LogP) is 2.10. The SMILES string of the molecule is CC(C)C(=O)Nc1nc(NC2CC2)c2ncn(C3C=CC(CO)C3)c2n1. The summed E-state index contributed by atoms with van der Waals surface area (Å²) in [5.74, 6) is 0.845. The van der Waals surface area contributed by atoms with Crippen LogP contribution in [0, 0.1) is 11.8 Å². The van der Waals surface area contributed by atoms with Crippen molar-refractivity contribution in [2.75, 3.05) is 17.2 Å². The zero-order valence-electron chi connectivity index (χ0n) is 15.0. The Balaban J connectivity index is 1.72. The Hall–Kier alpha value is -2.48. The van der Waals surface area contributed by atoms with Crippen molar-refractivity contribution in [2.24, 2.45) is 11.8 Å². The van der Waals surface area contributed by atoms with Gasteiger partial charge >= 0.3 is 0 Å². The van der Waals surface area contributed by atoms with Crippen molar-refractivity contribution in [1.29, 1.82) is 0 Å². The second kappa shape index (κ2) is 6.68. The van der Waals surface area contributed by atoms with Gasteiger partial charge in [-0.25, -0.2) is 4.98 Å². The molecule has 2 aliphatic carbocycles. The second-order valence-corrected chi connectivity index (χ2v) is 7.41. The molecule has 1 fully saturated rings. The predicted molar refractivity (Wildman–Crippen MR) is 98.8 cm³/mol. The molecule has 1 amide bonds. The van der Waals surface area contributed by atoms with E-state index in [0.29, 0.717) is 29.0 Å². The van der Waals surface area contributed by atoms with Crippen LogP contribution in [-0.4, -0.2) is 43.2 Å². The maximum absolute atomic E-state index is 12.1. The van der Waals surface area contributed by atoms with E-state index in [2.05, 4.69) is 31.7 Å². The molecule has 3 N–H and O–H groups in total. The summed E-state index contributed by atoms with van der Waals surface area (Å²) in [5.41, 5.74) is 1.40. The van der Waals surface area contributed by atoms with Crippen LogP contribution in [0.4, 0.5) is 11.8 Å². The lowest BCUT2D eigenvalue weighted by Gasteiger charge is -2.14. The molecular formula is C18H24N6O2. The Morgan fingerprint density at radius 1 is 1.35 bits per heavy atom. The average molecular weight is 356 g/mol. The maximum atomic E-state index is 12.1. The molecule has 2 unspecified atom stereocenters. The quantitative estimate of drug-likeness (QED) is 0.685. The van der Waals surface area contributed by atoms with E-state index in [1.54, 1.807) is 6.33 Å². The van der Waals surface area contributed by atoms with Gasteiger partial charge in [0.25, 0.3) is 0 Å². The van der Waals surface area contributed by atoms with E-state index in [4.69, 9.17) is 0 Å². The lowest BCUT2D eigenvalue weighted by Crippen LogP contribution is -2.20. The highest BCUT2D eigenvalue weighted by atomic mass is 16.3. The molecule has 0 aromatic carbocycles. The minimum Gasteiger partial charge on any atom is -0.396 e. The fourth-order valence-corrected chi connectivity index (χ4v) is 3.09. The van der Waals surface area contributed by atoms with Gasteiger partial charge in [0.05, 0.1) is 12.4 Å². The average Bonchev–Trinajstić information content (AvgIpc) is 3.14. The number of carbonyl (C=O) groups is 1. The molecule has 2 aromatic rings. The lowest BCUT2D eigenvalue weighted by atomic mass is 10.1. The van der Waals surface area contributed by atoms with Crippen LogP contribution < -0.4 is 10.6 Å². The summed E-state index contributed by atoms with van der Waals surface area (Å²) < 4.78 is 1.99. The van der Waals surface area contributed by atoms with Crippen molar-refractivity contribution in [2.45, 2.75) is 45.2 Å². The first-order valence-electron chi connectivity index (χ1n) is 9.16. The third-order valence-electron chi connectivity index (χ3n) is 4.84. The number of nitrogens with zero attached hydrogens (tertiary/aromatic N) is 4. The van der Waals surface area contributed by atoms with Gasteiger partial charge in [-0.05, 0) is 19.3 Å². The van der Waals surface area contributed by atoms with Gasteiger partial charge < -0.3 is 15.0 Å². The van der Waals surface area contributed by atoms with Gasteiger partial charge in [0.15, 0.2) is 17.0 Å². The molecule has 0 radical (unpaired) electrons. The number of amides is 1. The van der Waals surface area contributed by atoms with Crippen LogP contribution in [0.5, 0.6) is 0 Å². The number of hydrogen-bond acceptors (Lipinski definition) is 6. The molecule has 2 heterocycles. The van der Waals surface area contributed by atoms with Crippen molar-refractivity contribution < 1.29 is 9.90 Å². The summed E-state index contributed by atoms with van der Waals surface area (Å²) in [6.07, 6.45) is 8.91. The van der Waals surface area contributed by atoms with Crippen molar-refractivity contribution in [3.8, 4) is 0 Å². The molecule has 2 aromatic heterocycles. The number of aromatic nitrogens is 4. The van der Waals surface area contributed by atoms with Crippen LogP contribution in [0.3, 0.4) is 0 Å². The van der Waals surface area contributed by atoms with Gasteiger partial charge in [-0.1, -0.05) is 26.0 Å². The van der Waals surface area contributed by atoms with E-state index in [-0.39, 0.29) is 30.4 Å². The number of aliphatic hydroxyl groups is 1. The summed E-state index contributed by atoms with van der Waals surface area (Å²) in [6, 6.07) is 0.506. The molecule has 0 bridgehead atoms. The Labute approximate surface area is 151 Å². The minimum atomic E-state index is -0.151. The van der Waals surface area contributed by atoms with Gasteiger partial charge in [-0.3, -0.25) is 10.1 Å². The smallest absolute Gasteiger partial charge is 0.233 e. The van der Waals surface area contributed by atoms with Crippen LogP contribution in [0.1, 0.15) is 39.2 Å². The molecule has 4 rings (SSSR count). The Bertz CT molecular complexity index is 855. The van der Waals surface area contributed by atoms with Crippen molar-refractivity contribution in [3.63, 3.8) is 0 Å². The second-order valence-electron chi connectivity index (χ2n) is 7.41. The summed E-state index contributed by atoms with van der Waals surface area (Å²) in [4.78, 5) is 25.6. The van der Waals surface area contributed by atoms with Crippen LogP contribution in [0.15, 0.2) is 18.5 Å². The van der Waals surface area contributed by atoms with Crippen molar-refractivity contribution in [1.82, 2.24) is 19.5 Å².